The normalized spacial score (nSPS) is 30.3. The van der Waals surface area contributed by atoms with Gasteiger partial charge in [0.05, 0.1) is 0 Å². The Morgan fingerprint density at radius 2 is 1.91 bits per heavy atom. The van der Waals surface area contributed by atoms with Crippen molar-refractivity contribution in [3.63, 3.8) is 0 Å². The third-order valence-corrected chi connectivity index (χ3v) is 3.42. The monoisotopic (exact) mass is 155 g/mol. The van der Waals surface area contributed by atoms with E-state index in [-0.39, 0.29) is 0 Å². The summed E-state index contributed by atoms with van der Waals surface area (Å²) in [4.78, 5) is 0. The Bertz CT molecular complexity index is 132. The standard InChI is InChI=1S/C9H17NO/c11-5-8-1-3-9(4-2-8)6-10-7-9/h8,10-11H,1-7H2. The molecule has 2 fully saturated rings. The lowest BCUT2D eigenvalue weighted by molar-refractivity contribution is 0.0617. The summed E-state index contributed by atoms with van der Waals surface area (Å²) in [6, 6.07) is 0. The van der Waals surface area contributed by atoms with Crippen LogP contribution in [0.5, 0.6) is 0 Å². The van der Waals surface area contributed by atoms with Crippen LogP contribution in [0.1, 0.15) is 25.7 Å². The fourth-order valence-electron chi connectivity index (χ4n) is 2.30. The lowest BCUT2D eigenvalue weighted by Crippen LogP contribution is -2.54. The van der Waals surface area contributed by atoms with Crippen LogP contribution < -0.4 is 5.32 Å². The highest BCUT2D eigenvalue weighted by Gasteiger charge is 2.39. The molecule has 1 aliphatic heterocycles. The topological polar surface area (TPSA) is 32.3 Å². The summed E-state index contributed by atoms with van der Waals surface area (Å²) in [5.74, 6) is 0.612. The van der Waals surface area contributed by atoms with Crippen LogP contribution in [0, 0.1) is 11.3 Å². The predicted molar refractivity (Wildman–Crippen MR) is 44.3 cm³/mol. The summed E-state index contributed by atoms with van der Waals surface area (Å²) in [5, 5.41) is 12.3. The first-order valence-electron chi connectivity index (χ1n) is 4.66. The van der Waals surface area contributed by atoms with Crippen LogP contribution in [0.15, 0.2) is 0 Å². The molecule has 64 valence electrons. The van der Waals surface area contributed by atoms with Crippen molar-refractivity contribution in [1.29, 1.82) is 0 Å². The van der Waals surface area contributed by atoms with E-state index in [0.29, 0.717) is 17.9 Å². The lowest BCUT2D eigenvalue weighted by Gasteiger charge is -2.47. The smallest absolute Gasteiger partial charge is 0.0459 e. The van der Waals surface area contributed by atoms with Gasteiger partial charge < -0.3 is 10.4 Å². The third kappa shape index (κ3) is 1.30. The molecule has 1 saturated carbocycles. The van der Waals surface area contributed by atoms with Crippen LogP contribution in [0.25, 0.3) is 0 Å². The molecule has 0 aromatic carbocycles. The van der Waals surface area contributed by atoms with Crippen molar-refractivity contribution in [1.82, 2.24) is 5.32 Å². The zero-order valence-corrected chi connectivity index (χ0v) is 6.97. The highest BCUT2D eigenvalue weighted by molar-refractivity contribution is 4.95. The van der Waals surface area contributed by atoms with E-state index in [0.717, 1.165) is 0 Å². The SMILES string of the molecule is OCC1CCC2(CC1)CNC2. The molecule has 2 heteroatoms. The fraction of sp³-hybridized carbons (Fsp3) is 1.00. The summed E-state index contributed by atoms with van der Waals surface area (Å²) >= 11 is 0. The van der Waals surface area contributed by atoms with Gasteiger partial charge >= 0.3 is 0 Å². The van der Waals surface area contributed by atoms with Crippen LogP contribution in [0.4, 0.5) is 0 Å². The molecular formula is C9H17NO. The number of aliphatic hydroxyl groups is 1. The van der Waals surface area contributed by atoms with Gasteiger partial charge in [-0.15, -0.1) is 0 Å². The van der Waals surface area contributed by atoms with Crippen LogP contribution in [-0.4, -0.2) is 24.8 Å². The van der Waals surface area contributed by atoms with Crippen molar-refractivity contribution >= 4 is 0 Å². The molecule has 2 N–H and O–H groups in total. The van der Waals surface area contributed by atoms with E-state index in [1.54, 1.807) is 0 Å². The van der Waals surface area contributed by atoms with E-state index >= 15 is 0 Å². The Morgan fingerprint density at radius 3 is 2.27 bits per heavy atom. The summed E-state index contributed by atoms with van der Waals surface area (Å²) in [6.45, 7) is 2.86. The number of rotatable bonds is 1. The molecule has 0 unspecified atom stereocenters. The fourth-order valence-corrected chi connectivity index (χ4v) is 2.30. The van der Waals surface area contributed by atoms with Gasteiger partial charge in [-0.05, 0) is 37.0 Å². The maximum absolute atomic E-state index is 8.94. The molecule has 0 atom stereocenters. The van der Waals surface area contributed by atoms with Gasteiger partial charge in [0.15, 0.2) is 0 Å². The molecule has 2 nitrogen and oxygen atoms in total. The number of hydrogen-bond donors (Lipinski definition) is 2. The van der Waals surface area contributed by atoms with Crippen LogP contribution in [0.3, 0.4) is 0 Å². The molecule has 1 aliphatic carbocycles. The minimum absolute atomic E-state index is 0.406. The van der Waals surface area contributed by atoms with Gasteiger partial charge in [-0.3, -0.25) is 0 Å². The molecule has 2 aliphatic rings. The van der Waals surface area contributed by atoms with Crippen molar-refractivity contribution < 1.29 is 5.11 Å². The summed E-state index contributed by atoms with van der Waals surface area (Å²) in [7, 11) is 0. The molecule has 2 rings (SSSR count). The number of aliphatic hydroxyl groups excluding tert-OH is 1. The maximum atomic E-state index is 8.94. The third-order valence-electron chi connectivity index (χ3n) is 3.42. The first-order chi connectivity index (χ1) is 5.35. The molecule has 11 heavy (non-hydrogen) atoms. The summed E-state index contributed by atoms with van der Waals surface area (Å²) in [5.41, 5.74) is 0.658. The van der Waals surface area contributed by atoms with Crippen LogP contribution >= 0.6 is 0 Å². The van der Waals surface area contributed by atoms with E-state index in [2.05, 4.69) is 5.32 Å². The molecule has 0 amide bonds. The van der Waals surface area contributed by atoms with Crippen molar-refractivity contribution in [2.45, 2.75) is 25.7 Å². The lowest BCUT2D eigenvalue weighted by atomic mass is 9.67. The van der Waals surface area contributed by atoms with Crippen LogP contribution in [-0.2, 0) is 0 Å². The summed E-state index contributed by atoms with van der Waals surface area (Å²) < 4.78 is 0. The average Bonchev–Trinajstić information content (AvgIpc) is 2.02. The molecular weight excluding hydrogens is 138 g/mol. The van der Waals surface area contributed by atoms with Gasteiger partial charge in [0.1, 0.15) is 0 Å². The molecule has 0 radical (unpaired) electrons. The second kappa shape index (κ2) is 2.76. The minimum atomic E-state index is 0.406. The molecule has 1 heterocycles. The summed E-state index contributed by atoms with van der Waals surface area (Å²) in [6.07, 6.45) is 5.17. The van der Waals surface area contributed by atoms with Crippen molar-refractivity contribution in [2.24, 2.45) is 11.3 Å². The van der Waals surface area contributed by atoms with Gasteiger partial charge in [0.25, 0.3) is 0 Å². The second-order valence-electron chi connectivity index (χ2n) is 4.23. The Kier molecular flexibility index (Phi) is 1.90. The van der Waals surface area contributed by atoms with Crippen molar-refractivity contribution in [2.75, 3.05) is 19.7 Å². The molecule has 0 bridgehead atoms. The van der Waals surface area contributed by atoms with Gasteiger partial charge in [0, 0.05) is 19.7 Å². The van der Waals surface area contributed by atoms with Gasteiger partial charge in [-0.1, -0.05) is 0 Å². The Morgan fingerprint density at radius 1 is 1.27 bits per heavy atom. The zero-order chi connectivity index (χ0) is 7.73. The first kappa shape index (κ1) is 7.56. The molecule has 1 spiro atoms. The first-order valence-corrected chi connectivity index (χ1v) is 4.66. The maximum Gasteiger partial charge on any atom is 0.0459 e. The van der Waals surface area contributed by atoms with E-state index in [1.807, 2.05) is 0 Å². The van der Waals surface area contributed by atoms with Crippen molar-refractivity contribution in [3.05, 3.63) is 0 Å². The Hall–Kier alpha value is -0.0800. The highest BCUT2D eigenvalue weighted by atomic mass is 16.3. The van der Waals surface area contributed by atoms with E-state index in [9.17, 15) is 0 Å². The minimum Gasteiger partial charge on any atom is -0.396 e. The van der Waals surface area contributed by atoms with E-state index in [4.69, 9.17) is 5.11 Å². The van der Waals surface area contributed by atoms with E-state index in [1.165, 1.54) is 38.8 Å². The molecule has 0 aromatic heterocycles. The average molecular weight is 155 g/mol. The molecule has 0 aromatic rings. The largest absolute Gasteiger partial charge is 0.396 e. The van der Waals surface area contributed by atoms with Gasteiger partial charge in [0.2, 0.25) is 0 Å². The number of hydrogen-bond acceptors (Lipinski definition) is 2. The second-order valence-corrected chi connectivity index (χ2v) is 4.23. The van der Waals surface area contributed by atoms with E-state index < -0.39 is 0 Å². The number of nitrogens with one attached hydrogen (secondary N) is 1. The highest BCUT2D eigenvalue weighted by Crippen LogP contribution is 2.41. The molecule has 1 saturated heterocycles. The predicted octanol–water partition coefficient (Wildman–Crippen LogP) is 0.758. The Balaban J connectivity index is 1.84. The van der Waals surface area contributed by atoms with Gasteiger partial charge in [-0.2, -0.15) is 0 Å². The van der Waals surface area contributed by atoms with Crippen molar-refractivity contribution in [3.8, 4) is 0 Å². The quantitative estimate of drug-likeness (QED) is 0.586. The van der Waals surface area contributed by atoms with Crippen LogP contribution in [0.2, 0.25) is 0 Å². The van der Waals surface area contributed by atoms with Gasteiger partial charge in [-0.25, -0.2) is 0 Å². The Labute approximate surface area is 68.0 Å². The zero-order valence-electron chi connectivity index (χ0n) is 6.97.